The average Bonchev–Trinajstić information content (AvgIpc) is 2.27. The van der Waals surface area contributed by atoms with Crippen molar-refractivity contribution in [1.82, 2.24) is 0 Å². The standard InChI is InChI=1S/C16H24O2/c1-6-16(5,18-7-2)15(17)11-14-9-12(3)8-13(4)10-14/h8-10H,6-7,11H2,1-5H3. The van der Waals surface area contributed by atoms with Crippen LogP contribution in [0.3, 0.4) is 0 Å². The molecule has 0 aliphatic rings. The molecule has 100 valence electrons. The van der Waals surface area contributed by atoms with Gasteiger partial charge in [0.2, 0.25) is 0 Å². The maximum absolute atomic E-state index is 12.4. The fourth-order valence-corrected chi connectivity index (χ4v) is 2.24. The summed E-state index contributed by atoms with van der Waals surface area (Å²) in [7, 11) is 0. The summed E-state index contributed by atoms with van der Waals surface area (Å²) < 4.78 is 5.62. The van der Waals surface area contributed by atoms with Crippen LogP contribution in [-0.4, -0.2) is 18.0 Å². The van der Waals surface area contributed by atoms with E-state index in [0.717, 1.165) is 5.56 Å². The monoisotopic (exact) mass is 248 g/mol. The summed E-state index contributed by atoms with van der Waals surface area (Å²) in [5, 5.41) is 0. The first-order valence-corrected chi connectivity index (χ1v) is 6.65. The van der Waals surface area contributed by atoms with E-state index < -0.39 is 5.60 Å². The fraction of sp³-hybridized carbons (Fsp3) is 0.562. The minimum absolute atomic E-state index is 0.164. The van der Waals surface area contributed by atoms with Gasteiger partial charge in [-0.25, -0.2) is 0 Å². The molecule has 2 heteroatoms. The van der Waals surface area contributed by atoms with Crippen LogP contribution in [0.25, 0.3) is 0 Å². The zero-order valence-electron chi connectivity index (χ0n) is 12.2. The smallest absolute Gasteiger partial charge is 0.168 e. The molecule has 0 aliphatic carbocycles. The summed E-state index contributed by atoms with van der Waals surface area (Å²) in [5.74, 6) is 0.164. The Labute approximate surface area is 110 Å². The molecular formula is C16H24O2. The lowest BCUT2D eigenvalue weighted by atomic mass is 9.91. The fourth-order valence-electron chi connectivity index (χ4n) is 2.24. The number of carbonyl (C=O) groups excluding carboxylic acids is 1. The van der Waals surface area contributed by atoms with Crippen molar-refractivity contribution in [3.63, 3.8) is 0 Å². The predicted octanol–water partition coefficient (Wildman–Crippen LogP) is 3.62. The molecule has 0 fully saturated rings. The van der Waals surface area contributed by atoms with Crippen LogP contribution in [0, 0.1) is 13.8 Å². The van der Waals surface area contributed by atoms with Crippen LogP contribution < -0.4 is 0 Å². The minimum atomic E-state index is -0.646. The molecule has 0 spiro atoms. The van der Waals surface area contributed by atoms with Gasteiger partial charge in [-0.1, -0.05) is 36.2 Å². The molecule has 1 aromatic rings. The maximum Gasteiger partial charge on any atom is 0.168 e. The van der Waals surface area contributed by atoms with E-state index in [2.05, 4.69) is 32.0 Å². The summed E-state index contributed by atoms with van der Waals surface area (Å²) in [6.07, 6.45) is 1.16. The average molecular weight is 248 g/mol. The maximum atomic E-state index is 12.4. The molecule has 1 unspecified atom stereocenters. The van der Waals surface area contributed by atoms with Gasteiger partial charge < -0.3 is 4.74 Å². The molecule has 1 atom stereocenters. The zero-order valence-corrected chi connectivity index (χ0v) is 12.2. The molecule has 2 nitrogen and oxygen atoms in total. The van der Waals surface area contributed by atoms with E-state index in [0.29, 0.717) is 19.4 Å². The highest BCUT2D eigenvalue weighted by Gasteiger charge is 2.31. The van der Waals surface area contributed by atoms with Crippen molar-refractivity contribution >= 4 is 5.78 Å². The molecule has 0 saturated carbocycles. The number of carbonyl (C=O) groups is 1. The van der Waals surface area contributed by atoms with Crippen molar-refractivity contribution in [2.24, 2.45) is 0 Å². The second-order valence-electron chi connectivity index (χ2n) is 5.11. The van der Waals surface area contributed by atoms with E-state index in [1.807, 2.05) is 20.8 Å². The van der Waals surface area contributed by atoms with E-state index in [1.165, 1.54) is 11.1 Å². The number of benzene rings is 1. The third kappa shape index (κ3) is 3.67. The van der Waals surface area contributed by atoms with Gasteiger partial charge in [-0.15, -0.1) is 0 Å². The number of hydrogen-bond acceptors (Lipinski definition) is 2. The van der Waals surface area contributed by atoms with Gasteiger partial charge in [-0.05, 0) is 39.7 Å². The lowest BCUT2D eigenvalue weighted by Crippen LogP contribution is -2.39. The number of aryl methyl sites for hydroxylation is 2. The Kier molecular flexibility index (Phi) is 5.09. The molecule has 1 rings (SSSR count). The summed E-state index contributed by atoms with van der Waals surface area (Å²) >= 11 is 0. The first-order valence-electron chi connectivity index (χ1n) is 6.65. The summed E-state index contributed by atoms with van der Waals surface area (Å²) in [6.45, 7) is 10.5. The number of hydrogen-bond donors (Lipinski definition) is 0. The molecule has 1 aromatic carbocycles. The summed E-state index contributed by atoms with van der Waals surface area (Å²) in [5.41, 5.74) is 2.84. The van der Waals surface area contributed by atoms with Crippen LogP contribution in [-0.2, 0) is 16.0 Å². The second-order valence-corrected chi connectivity index (χ2v) is 5.11. The number of Topliss-reactive ketones (excluding diaryl/α,β-unsaturated/α-hetero) is 1. The van der Waals surface area contributed by atoms with Gasteiger partial charge in [-0.3, -0.25) is 4.79 Å². The molecule has 0 radical (unpaired) electrons. The first kappa shape index (κ1) is 14.9. The van der Waals surface area contributed by atoms with Crippen molar-refractivity contribution < 1.29 is 9.53 Å². The Balaban J connectivity index is 2.86. The lowest BCUT2D eigenvalue weighted by molar-refractivity contribution is -0.141. The van der Waals surface area contributed by atoms with E-state index >= 15 is 0 Å². The van der Waals surface area contributed by atoms with Crippen molar-refractivity contribution in [3.05, 3.63) is 34.9 Å². The molecule has 18 heavy (non-hydrogen) atoms. The quantitative estimate of drug-likeness (QED) is 0.768. The van der Waals surface area contributed by atoms with Gasteiger partial charge in [0.15, 0.2) is 5.78 Å². The topological polar surface area (TPSA) is 26.3 Å². The highest BCUT2D eigenvalue weighted by molar-refractivity contribution is 5.88. The van der Waals surface area contributed by atoms with E-state index in [9.17, 15) is 4.79 Å². The first-order chi connectivity index (χ1) is 8.41. The van der Waals surface area contributed by atoms with Crippen LogP contribution in [0.15, 0.2) is 18.2 Å². The molecule has 0 bridgehead atoms. The van der Waals surface area contributed by atoms with Crippen molar-refractivity contribution in [1.29, 1.82) is 0 Å². The number of ether oxygens (including phenoxy) is 1. The molecule has 0 aliphatic heterocycles. The van der Waals surface area contributed by atoms with Gasteiger partial charge in [0.1, 0.15) is 5.60 Å². The Morgan fingerprint density at radius 3 is 2.17 bits per heavy atom. The van der Waals surface area contributed by atoms with Crippen molar-refractivity contribution in [2.45, 2.75) is 53.1 Å². The van der Waals surface area contributed by atoms with Crippen molar-refractivity contribution in [3.8, 4) is 0 Å². The Bertz CT molecular complexity index is 403. The van der Waals surface area contributed by atoms with E-state index in [4.69, 9.17) is 4.74 Å². The Morgan fingerprint density at radius 2 is 1.72 bits per heavy atom. The van der Waals surface area contributed by atoms with Crippen LogP contribution in [0.4, 0.5) is 0 Å². The highest BCUT2D eigenvalue weighted by atomic mass is 16.5. The molecular weight excluding hydrogens is 224 g/mol. The van der Waals surface area contributed by atoms with Crippen LogP contribution in [0.5, 0.6) is 0 Å². The zero-order chi connectivity index (χ0) is 13.8. The predicted molar refractivity (Wildman–Crippen MR) is 74.9 cm³/mol. The van der Waals surface area contributed by atoms with Gasteiger partial charge in [0.25, 0.3) is 0 Å². The van der Waals surface area contributed by atoms with Crippen LogP contribution >= 0.6 is 0 Å². The van der Waals surface area contributed by atoms with Crippen molar-refractivity contribution in [2.75, 3.05) is 6.61 Å². The van der Waals surface area contributed by atoms with Crippen LogP contribution in [0.1, 0.15) is 43.9 Å². The van der Waals surface area contributed by atoms with Crippen LogP contribution in [0.2, 0.25) is 0 Å². The Morgan fingerprint density at radius 1 is 1.17 bits per heavy atom. The minimum Gasteiger partial charge on any atom is -0.368 e. The van der Waals surface area contributed by atoms with Gasteiger partial charge >= 0.3 is 0 Å². The SMILES string of the molecule is CCOC(C)(CC)C(=O)Cc1cc(C)cc(C)c1. The van der Waals surface area contributed by atoms with Gasteiger partial charge in [-0.2, -0.15) is 0 Å². The summed E-state index contributed by atoms with van der Waals surface area (Å²) in [6, 6.07) is 6.27. The van der Waals surface area contributed by atoms with E-state index in [-0.39, 0.29) is 5.78 Å². The largest absolute Gasteiger partial charge is 0.368 e. The molecule has 0 N–H and O–H groups in total. The lowest BCUT2D eigenvalue weighted by Gasteiger charge is -2.26. The van der Waals surface area contributed by atoms with Gasteiger partial charge in [0, 0.05) is 13.0 Å². The number of rotatable bonds is 6. The highest BCUT2D eigenvalue weighted by Crippen LogP contribution is 2.20. The molecule has 0 heterocycles. The summed E-state index contributed by atoms with van der Waals surface area (Å²) in [4.78, 5) is 12.4. The second kappa shape index (κ2) is 6.14. The van der Waals surface area contributed by atoms with Gasteiger partial charge in [0.05, 0.1) is 0 Å². The van der Waals surface area contributed by atoms with E-state index in [1.54, 1.807) is 0 Å². The third-order valence-electron chi connectivity index (χ3n) is 3.37. The Hall–Kier alpha value is -1.15. The molecule has 0 saturated heterocycles. The molecule has 0 aromatic heterocycles. The molecule has 0 amide bonds. The number of ketones is 1. The third-order valence-corrected chi connectivity index (χ3v) is 3.37. The normalized spacial score (nSPS) is 14.3.